The summed E-state index contributed by atoms with van der Waals surface area (Å²) in [7, 11) is -3.13. The van der Waals surface area contributed by atoms with E-state index in [0.717, 1.165) is 52.0 Å². The van der Waals surface area contributed by atoms with Gasteiger partial charge in [-0.2, -0.15) is 5.10 Å². The molecule has 164 valence electrons. The molecule has 29 heavy (non-hydrogen) atoms. The van der Waals surface area contributed by atoms with Crippen molar-refractivity contribution < 1.29 is 17.9 Å². The monoisotopic (exact) mass is 427 g/mol. The topological polar surface area (TPSA) is 96.8 Å². The Morgan fingerprint density at radius 1 is 1.24 bits per heavy atom. The molecule has 2 aliphatic heterocycles. The van der Waals surface area contributed by atoms with Gasteiger partial charge in [0, 0.05) is 64.2 Å². The molecule has 0 unspecified atom stereocenters. The first-order chi connectivity index (χ1) is 13.9. The number of nitrogens with zero attached hydrogens (tertiary/aromatic N) is 4. The molecule has 1 amide bonds. The number of sulfonamides is 1. The minimum Gasteiger partial charge on any atom is -0.381 e. The molecule has 0 saturated carbocycles. The van der Waals surface area contributed by atoms with Crippen molar-refractivity contribution in [1.29, 1.82) is 0 Å². The predicted octanol–water partition coefficient (Wildman–Crippen LogP) is 0.538. The van der Waals surface area contributed by atoms with Crippen LogP contribution in [0.5, 0.6) is 0 Å². The molecule has 0 aliphatic carbocycles. The maximum Gasteiger partial charge on any atom is 0.254 e. The van der Waals surface area contributed by atoms with E-state index in [1.54, 1.807) is 21.4 Å². The summed E-state index contributed by atoms with van der Waals surface area (Å²) in [4.78, 5) is 14.9. The summed E-state index contributed by atoms with van der Waals surface area (Å²) in [6, 6.07) is 0.745. The Morgan fingerprint density at radius 3 is 2.48 bits per heavy atom. The highest BCUT2D eigenvalue weighted by Crippen LogP contribution is 2.24. The molecule has 2 aliphatic rings. The third-order valence-electron chi connectivity index (χ3n) is 5.90. The van der Waals surface area contributed by atoms with Gasteiger partial charge < -0.3 is 10.1 Å². The first-order valence-corrected chi connectivity index (χ1v) is 12.3. The van der Waals surface area contributed by atoms with E-state index in [9.17, 15) is 13.2 Å². The molecule has 1 N–H and O–H groups in total. The first kappa shape index (κ1) is 22.2. The van der Waals surface area contributed by atoms with Gasteiger partial charge in [-0.1, -0.05) is 0 Å². The Bertz CT molecular complexity index is 767. The fourth-order valence-electron chi connectivity index (χ4n) is 4.24. The lowest BCUT2D eigenvalue weighted by atomic mass is 9.98. The van der Waals surface area contributed by atoms with E-state index >= 15 is 0 Å². The molecule has 0 aromatic carbocycles. The van der Waals surface area contributed by atoms with Gasteiger partial charge in [0.25, 0.3) is 5.91 Å². The van der Waals surface area contributed by atoms with Gasteiger partial charge in [0.05, 0.1) is 18.0 Å². The Balaban J connectivity index is 1.56. The number of aryl methyl sites for hydroxylation is 1. The molecule has 0 spiro atoms. The third-order valence-corrected chi connectivity index (χ3v) is 7.20. The Hall–Kier alpha value is -1.49. The number of ether oxygens (including phenoxy) is 1. The molecule has 3 heterocycles. The van der Waals surface area contributed by atoms with Gasteiger partial charge in [-0.15, -0.1) is 0 Å². The predicted molar refractivity (Wildman–Crippen MR) is 110 cm³/mol. The van der Waals surface area contributed by atoms with E-state index in [1.807, 2.05) is 6.92 Å². The van der Waals surface area contributed by atoms with Crippen LogP contribution in [0.2, 0.25) is 0 Å². The zero-order chi connectivity index (χ0) is 20.9. The second kappa shape index (κ2) is 10.0. The zero-order valence-corrected chi connectivity index (χ0v) is 18.2. The van der Waals surface area contributed by atoms with Crippen molar-refractivity contribution in [3.05, 3.63) is 18.0 Å². The highest BCUT2D eigenvalue weighted by atomic mass is 32.2. The van der Waals surface area contributed by atoms with Crippen molar-refractivity contribution in [2.45, 2.75) is 51.2 Å². The lowest BCUT2D eigenvalue weighted by Gasteiger charge is -2.43. The molecule has 0 radical (unpaired) electrons. The van der Waals surface area contributed by atoms with Crippen LogP contribution in [0.1, 0.15) is 43.0 Å². The van der Waals surface area contributed by atoms with Crippen molar-refractivity contribution in [3.8, 4) is 0 Å². The summed E-state index contributed by atoms with van der Waals surface area (Å²) in [5.41, 5.74) is 0.575. The maximum atomic E-state index is 12.4. The molecule has 0 bridgehead atoms. The molecule has 1 aromatic rings. The van der Waals surface area contributed by atoms with Gasteiger partial charge in [0.15, 0.2) is 0 Å². The number of hydrogen-bond donors (Lipinski definition) is 1. The number of aromatic nitrogens is 2. The van der Waals surface area contributed by atoms with Crippen molar-refractivity contribution in [2.24, 2.45) is 0 Å². The highest BCUT2D eigenvalue weighted by Gasteiger charge is 2.32. The molecule has 2 fully saturated rings. The molecule has 9 nitrogen and oxygen atoms in total. The number of rotatable bonds is 8. The summed E-state index contributed by atoms with van der Waals surface area (Å²) in [6.45, 7) is 6.66. The second-order valence-corrected chi connectivity index (χ2v) is 9.80. The van der Waals surface area contributed by atoms with Gasteiger partial charge in [-0.05, 0) is 32.6 Å². The van der Waals surface area contributed by atoms with E-state index in [-0.39, 0.29) is 5.91 Å². The van der Waals surface area contributed by atoms with Crippen LogP contribution in [0.25, 0.3) is 0 Å². The summed E-state index contributed by atoms with van der Waals surface area (Å²) in [5, 5.41) is 7.16. The largest absolute Gasteiger partial charge is 0.381 e. The third kappa shape index (κ3) is 6.00. The van der Waals surface area contributed by atoms with Crippen LogP contribution >= 0.6 is 0 Å². The molecule has 3 rings (SSSR count). The van der Waals surface area contributed by atoms with Crippen LogP contribution in [0.3, 0.4) is 0 Å². The quantitative estimate of drug-likeness (QED) is 0.650. The minimum atomic E-state index is -3.13. The van der Waals surface area contributed by atoms with Gasteiger partial charge in [-0.25, -0.2) is 12.7 Å². The zero-order valence-electron chi connectivity index (χ0n) is 17.4. The highest BCUT2D eigenvalue weighted by molar-refractivity contribution is 7.88. The van der Waals surface area contributed by atoms with E-state index in [4.69, 9.17) is 4.74 Å². The molecule has 2 saturated heterocycles. The van der Waals surface area contributed by atoms with Gasteiger partial charge >= 0.3 is 0 Å². The molecular formula is C19H33N5O4S. The van der Waals surface area contributed by atoms with Crippen molar-refractivity contribution in [1.82, 2.24) is 24.3 Å². The minimum absolute atomic E-state index is 0.108. The van der Waals surface area contributed by atoms with Gasteiger partial charge in [-0.3, -0.25) is 14.4 Å². The smallest absolute Gasteiger partial charge is 0.254 e. The van der Waals surface area contributed by atoms with E-state index in [2.05, 4.69) is 15.3 Å². The number of amides is 1. The number of piperidine rings is 1. The number of carbonyl (C=O) groups is 1. The fourth-order valence-corrected chi connectivity index (χ4v) is 5.11. The van der Waals surface area contributed by atoms with Gasteiger partial charge in [0.2, 0.25) is 10.0 Å². The molecule has 1 aromatic heterocycles. The standard InChI is InChI=1S/C19H33N5O4S/c1-3-22-15-16(14-21-22)19(25)20-8-11-24(18-6-12-28-13-7-18)17-4-9-23(10-5-17)29(2,26)27/h14-15,17-18H,3-13H2,1-2H3,(H,20,25). The van der Waals surface area contributed by atoms with E-state index in [1.165, 1.54) is 6.26 Å². The van der Waals surface area contributed by atoms with Crippen molar-refractivity contribution >= 4 is 15.9 Å². The SMILES string of the molecule is CCn1cc(C(=O)NCCN(C2CCOCC2)C2CCN(S(C)(=O)=O)CC2)cn1. The average molecular weight is 428 g/mol. The maximum absolute atomic E-state index is 12.4. The van der Waals surface area contributed by atoms with Crippen molar-refractivity contribution in [3.63, 3.8) is 0 Å². The number of hydrogen-bond acceptors (Lipinski definition) is 6. The van der Waals surface area contributed by atoms with Crippen molar-refractivity contribution in [2.75, 3.05) is 45.6 Å². The number of carbonyl (C=O) groups excluding carboxylic acids is 1. The number of nitrogens with one attached hydrogen (secondary N) is 1. The Morgan fingerprint density at radius 2 is 1.90 bits per heavy atom. The van der Waals surface area contributed by atoms with Crippen LogP contribution < -0.4 is 5.32 Å². The van der Waals surface area contributed by atoms with Crippen LogP contribution in [0.15, 0.2) is 12.4 Å². The summed E-state index contributed by atoms with van der Waals surface area (Å²) in [6.07, 6.45) is 8.22. The van der Waals surface area contributed by atoms with E-state index < -0.39 is 10.0 Å². The van der Waals surface area contributed by atoms with E-state index in [0.29, 0.717) is 37.3 Å². The fraction of sp³-hybridized carbons (Fsp3) is 0.789. The second-order valence-electron chi connectivity index (χ2n) is 7.82. The van der Waals surface area contributed by atoms with Crippen LogP contribution in [-0.2, 0) is 21.3 Å². The normalized spacial score (nSPS) is 20.2. The lowest BCUT2D eigenvalue weighted by Crippen LogP contribution is -2.53. The lowest BCUT2D eigenvalue weighted by molar-refractivity contribution is 0.00747. The molecule has 10 heteroatoms. The summed E-state index contributed by atoms with van der Waals surface area (Å²) >= 11 is 0. The van der Waals surface area contributed by atoms with Gasteiger partial charge in [0.1, 0.15) is 0 Å². The van der Waals surface area contributed by atoms with Crippen LogP contribution in [0.4, 0.5) is 0 Å². The Labute approximate surface area is 173 Å². The van der Waals surface area contributed by atoms with Crippen LogP contribution in [-0.4, -0.2) is 91.0 Å². The Kier molecular flexibility index (Phi) is 7.66. The summed E-state index contributed by atoms with van der Waals surface area (Å²) < 4.78 is 32.4. The average Bonchev–Trinajstić information content (AvgIpc) is 3.21. The molecule has 0 atom stereocenters. The first-order valence-electron chi connectivity index (χ1n) is 10.5. The summed E-state index contributed by atoms with van der Waals surface area (Å²) in [5.74, 6) is -0.108. The molecular weight excluding hydrogens is 394 g/mol. The van der Waals surface area contributed by atoms with Crippen LogP contribution in [0, 0.1) is 0 Å².